The van der Waals surface area contributed by atoms with E-state index in [1.165, 1.54) is 0 Å². The zero-order valence-corrected chi connectivity index (χ0v) is 18.4. The highest BCUT2D eigenvalue weighted by atomic mass is 127. The molecule has 0 atom stereocenters. The second kappa shape index (κ2) is 13.2. The van der Waals surface area contributed by atoms with Crippen LogP contribution in [-0.4, -0.2) is 39.9 Å². The lowest BCUT2D eigenvalue weighted by Gasteiger charge is -2.14. The van der Waals surface area contributed by atoms with Crippen LogP contribution in [0.15, 0.2) is 53.5 Å². The number of hydrogen-bond donors (Lipinski definition) is 2. The van der Waals surface area contributed by atoms with Gasteiger partial charge in [-0.25, -0.2) is 0 Å². The Morgan fingerprint density at radius 1 is 1.07 bits per heavy atom. The molecule has 148 valence electrons. The van der Waals surface area contributed by atoms with Gasteiger partial charge >= 0.3 is 0 Å². The van der Waals surface area contributed by atoms with Crippen LogP contribution in [0.3, 0.4) is 0 Å². The third kappa shape index (κ3) is 8.04. The van der Waals surface area contributed by atoms with Crippen LogP contribution >= 0.6 is 24.0 Å². The first-order valence-corrected chi connectivity index (χ1v) is 8.67. The van der Waals surface area contributed by atoms with Gasteiger partial charge in [0.2, 0.25) is 0 Å². The van der Waals surface area contributed by atoms with Crippen molar-refractivity contribution in [2.24, 2.45) is 4.99 Å². The van der Waals surface area contributed by atoms with E-state index in [1.807, 2.05) is 55.5 Å². The number of guanidine groups is 1. The van der Waals surface area contributed by atoms with E-state index in [0.29, 0.717) is 43.8 Å². The highest BCUT2D eigenvalue weighted by Gasteiger charge is 2.06. The van der Waals surface area contributed by atoms with Crippen molar-refractivity contribution in [3.8, 4) is 11.5 Å². The molecule has 2 aromatic rings. The van der Waals surface area contributed by atoms with Gasteiger partial charge in [0.15, 0.2) is 17.5 Å². The molecule has 2 rings (SSSR count). The molecule has 0 heterocycles. The Morgan fingerprint density at radius 3 is 2.52 bits per heavy atom. The molecule has 0 bridgehead atoms. The van der Waals surface area contributed by atoms with Crippen molar-refractivity contribution in [3.63, 3.8) is 0 Å². The molecule has 7 heteroatoms. The summed E-state index contributed by atoms with van der Waals surface area (Å²) in [5.41, 5.74) is 2.03. The molecule has 0 aliphatic heterocycles. The topological polar surface area (TPSA) is 64.1 Å². The molecular weight excluding hydrogens is 457 g/mol. The molecule has 0 fully saturated rings. The number of anilines is 1. The number of halogens is 1. The zero-order valence-electron chi connectivity index (χ0n) is 16.0. The molecule has 2 N–H and O–H groups in total. The molecule has 27 heavy (non-hydrogen) atoms. The first-order valence-electron chi connectivity index (χ1n) is 8.67. The summed E-state index contributed by atoms with van der Waals surface area (Å²) in [7, 11) is 3.36. The van der Waals surface area contributed by atoms with Gasteiger partial charge in [0.25, 0.3) is 0 Å². The summed E-state index contributed by atoms with van der Waals surface area (Å²) in [6.07, 6.45) is 0. The Bertz CT molecular complexity index is 696. The van der Waals surface area contributed by atoms with E-state index in [2.05, 4.69) is 15.6 Å². The van der Waals surface area contributed by atoms with Crippen LogP contribution in [0.4, 0.5) is 5.69 Å². The van der Waals surface area contributed by atoms with Gasteiger partial charge in [0.1, 0.15) is 0 Å². The van der Waals surface area contributed by atoms with Crippen molar-refractivity contribution < 1.29 is 14.2 Å². The van der Waals surface area contributed by atoms with Gasteiger partial charge < -0.3 is 24.8 Å². The Hall–Kier alpha value is -2.00. The Morgan fingerprint density at radius 2 is 1.85 bits per heavy atom. The number of nitrogens with one attached hydrogen (secondary N) is 2. The number of ether oxygens (including phenoxy) is 3. The van der Waals surface area contributed by atoms with Gasteiger partial charge in [-0.15, -0.1) is 24.0 Å². The van der Waals surface area contributed by atoms with E-state index in [0.717, 1.165) is 11.3 Å². The second-order valence-electron chi connectivity index (χ2n) is 5.46. The van der Waals surface area contributed by atoms with Crippen molar-refractivity contribution >= 4 is 35.6 Å². The number of hydrogen-bond acceptors (Lipinski definition) is 4. The number of benzene rings is 2. The summed E-state index contributed by atoms with van der Waals surface area (Å²) < 4.78 is 16.6. The fourth-order valence-corrected chi connectivity index (χ4v) is 2.34. The molecule has 0 aliphatic rings. The van der Waals surface area contributed by atoms with Gasteiger partial charge in [-0.2, -0.15) is 0 Å². The van der Waals surface area contributed by atoms with Crippen LogP contribution in [0.2, 0.25) is 0 Å². The molecule has 0 aliphatic carbocycles. The Labute approximate surface area is 178 Å². The molecule has 0 saturated carbocycles. The van der Waals surface area contributed by atoms with Crippen LogP contribution in [0.1, 0.15) is 12.5 Å². The summed E-state index contributed by atoms with van der Waals surface area (Å²) in [5, 5.41) is 6.46. The highest BCUT2D eigenvalue weighted by molar-refractivity contribution is 14.0. The van der Waals surface area contributed by atoms with E-state index < -0.39 is 0 Å². The van der Waals surface area contributed by atoms with Gasteiger partial charge in [-0.3, -0.25) is 4.99 Å². The summed E-state index contributed by atoms with van der Waals surface area (Å²) in [6.45, 7) is 4.36. The summed E-state index contributed by atoms with van der Waals surface area (Å²) >= 11 is 0. The first-order chi connectivity index (χ1) is 12.8. The molecule has 0 radical (unpaired) electrons. The Balaban J connectivity index is 0.00000364. The minimum Gasteiger partial charge on any atom is -0.493 e. The van der Waals surface area contributed by atoms with Gasteiger partial charge in [-0.1, -0.05) is 30.3 Å². The van der Waals surface area contributed by atoms with Gasteiger partial charge in [0.05, 0.1) is 26.9 Å². The van der Waals surface area contributed by atoms with E-state index in [-0.39, 0.29) is 24.0 Å². The molecule has 0 aromatic heterocycles. The SMILES string of the molecule is CCOc1cc(NC(=NC)NCCOCc2ccccc2)ccc1OC.I. The lowest BCUT2D eigenvalue weighted by Crippen LogP contribution is -2.33. The van der Waals surface area contributed by atoms with Crippen LogP contribution in [0, 0.1) is 0 Å². The van der Waals surface area contributed by atoms with Crippen molar-refractivity contribution in [1.29, 1.82) is 0 Å². The molecule has 0 unspecified atom stereocenters. The number of rotatable bonds is 9. The maximum absolute atomic E-state index is 5.66. The summed E-state index contributed by atoms with van der Waals surface area (Å²) in [4.78, 5) is 4.22. The van der Waals surface area contributed by atoms with Gasteiger partial charge in [-0.05, 0) is 24.6 Å². The predicted molar refractivity (Wildman–Crippen MR) is 121 cm³/mol. The predicted octanol–water partition coefficient (Wildman–Crippen LogP) is 3.92. The smallest absolute Gasteiger partial charge is 0.195 e. The molecule has 2 aromatic carbocycles. The highest BCUT2D eigenvalue weighted by Crippen LogP contribution is 2.30. The van der Waals surface area contributed by atoms with E-state index in [4.69, 9.17) is 14.2 Å². The maximum atomic E-state index is 5.66. The number of nitrogens with zero attached hydrogens (tertiary/aromatic N) is 1. The molecule has 0 amide bonds. The molecule has 0 saturated heterocycles. The lowest BCUT2D eigenvalue weighted by atomic mass is 10.2. The second-order valence-corrected chi connectivity index (χ2v) is 5.46. The lowest BCUT2D eigenvalue weighted by molar-refractivity contribution is 0.125. The quantitative estimate of drug-likeness (QED) is 0.244. The number of aliphatic imine (C=N–C) groups is 1. The molecular formula is C20H28IN3O3. The van der Waals surface area contributed by atoms with E-state index in [9.17, 15) is 0 Å². The van der Waals surface area contributed by atoms with Crippen LogP contribution in [-0.2, 0) is 11.3 Å². The fraction of sp³-hybridized carbons (Fsp3) is 0.350. The standard InChI is InChI=1S/C20H27N3O3.HI/c1-4-26-19-14-17(10-11-18(19)24-3)23-20(21-2)22-12-13-25-15-16-8-6-5-7-9-16;/h5-11,14H,4,12-13,15H2,1-3H3,(H2,21,22,23);1H. The van der Waals surface area contributed by atoms with E-state index in [1.54, 1.807) is 14.2 Å². The van der Waals surface area contributed by atoms with Crippen molar-refractivity contribution in [1.82, 2.24) is 5.32 Å². The van der Waals surface area contributed by atoms with Crippen molar-refractivity contribution in [3.05, 3.63) is 54.1 Å². The third-order valence-electron chi connectivity index (χ3n) is 3.60. The van der Waals surface area contributed by atoms with Crippen LogP contribution in [0.5, 0.6) is 11.5 Å². The average molecular weight is 485 g/mol. The summed E-state index contributed by atoms with van der Waals surface area (Å²) in [6, 6.07) is 15.8. The van der Waals surface area contributed by atoms with Gasteiger partial charge in [0, 0.05) is 25.3 Å². The van der Waals surface area contributed by atoms with Crippen LogP contribution < -0.4 is 20.1 Å². The minimum absolute atomic E-state index is 0. The number of methoxy groups -OCH3 is 1. The maximum Gasteiger partial charge on any atom is 0.195 e. The van der Waals surface area contributed by atoms with Crippen molar-refractivity contribution in [2.75, 3.05) is 39.2 Å². The largest absolute Gasteiger partial charge is 0.493 e. The van der Waals surface area contributed by atoms with Crippen molar-refractivity contribution in [2.45, 2.75) is 13.5 Å². The molecule has 6 nitrogen and oxygen atoms in total. The first kappa shape index (κ1) is 23.0. The minimum atomic E-state index is 0. The third-order valence-corrected chi connectivity index (χ3v) is 3.60. The molecule has 0 spiro atoms. The average Bonchev–Trinajstić information content (AvgIpc) is 2.68. The Kier molecular flexibility index (Phi) is 11.3. The van der Waals surface area contributed by atoms with Crippen LogP contribution in [0.25, 0.3) is 0 Å². The monoisotopic (exact) mass is 485 g/mol. The van der Waals surface area contributed by atoms with E-state index >= 15 is 0 Å². The normalized spacial score (nSPS) is 10.7. The zero-order chi connectivity index (χ0) is 18.6. The summed E-state index contributed by atoms with van der Waals surface area (Å²) in [5.74, 6) is 2.07. The fourth-order valence-electron chi connectivity index (χ4n) is 2.34.